The van der Waals surface area contributed by atoms with E-state index in [4.69, 9.17) is 0 Å². The molecule has 0 aliphatic heterocycles. The van der Waals surface area contributed by atoms with E-state index in [9.17, 15) is 18.0 Å². The molecule has 0 radical (unpaired) electrons. The molecule has 0 aliphatic carbocycles. The Kier molecular flexibility index (Phi) is 2.96. The van der Waals surface area contributed by atoms with Crippen LogP contribution in [0.3, 0.4) is 0 Å². The van der Waals surface area contributed by atoms with Gasteiger partial charge in [0.05, 0.1) is 5.56 Å². The van der Waals surface area contributed by atoms with E-state index in [-0.39, 0.29) is 11.6 Å². The van der Waals surface area contributed by atoms with Crippen LogP contribution in [0.1, 0.15) is 16.2 Å². The molecule has 2 N–H and O–H groups in total. The maximum atomic E-state index is 12.3. The zero-order valence-electron chi connectivity index (χ0n) is 8.69. The molecular formula is C9H6F3N5O. The van der Waals surface area contributed by atoms with Crippen molar-refractivity contribution in [3.63, 3.8) is 0 Å². The molecule has 0 bridgehead atoms. The Morgan fingerprint density at radius 1 is 1.28 bits per heavy atom. The molecule has 0 fully saturated rings. The van der Waals surface area contributed by atoms with Gasteiger partial charge in [-0.2, -0.15) is 18.3 Å². The standard InChI is InChI=1S/C9H6F3N5O/c10-9(11,12)5-1-2-6(13-3-5)16-8(18)7-14-4-15-17-7/h1-4H,(H,13,16,18)(H,14,15,17). The van der Waals surface area contributed by atoms with Gasteiger partial charge in [0.15, 0.2) is 0 Å². The lowest BCUT2D eigenvalue weighted by Gasteiger charge is -2.06. The lowest BCUT2D eigenvalue weighted by Crippen LogP contribution is -2.15. The number of nitrogens with one attached hydrogen (secondary N) is 2. The molecular weight excluding hydrogens is 251 g/mol. The third-order valence-electron chi connectivity index (χ3n) is 1.96. The Morgan fingerprint density at radius 2 is 2.06 bits per heavy atom. The lowest BCUT2D eigenvalue weighted by atomic mass is 10.3. The molecule has 2 rings (SSSR count). The van der Waals surface area contributed by atoms with E-state index >= 15 is 0 Å². The fourth-order valence-electron chi connectivity index (χ4n) is 1.13. The van der Waals surface area contributed by atoms with Gasteiger partial charge in [0.1, 0.15) is 12.1 Å². The summed E-state index contributed by atoms with van der Waals surface area (Å²) in [6.45, 7) is 0. The second kappa shape index (κ2) is 4.43. The molecule has 0 aliphatic rings. The van der Waals surface area contributed by atoms with Gasteiger partial charge in [0.25, 0.3) is 5.91 Å². The first-order valence-electron chi connectivity index (χ1n) is 4.67. The number of hydrogen-bond donors (Lipinski definition) is 2. The molecule has 9 heteroatoms. The number of halogens is 3. The van der Waals surface area contributed by atoms with Gasteiger partial charge in [-0.15, -0.1) is 0 Å². The lowest BCUT2D eigenvalue weighted by molar-refractivity contribution is -0.137. The van der Waals surface area contributed by atoms with Crippen LogP contribution in [-0.2, 0) is 6.18 Å². The van der Waals surface area contributed by atoms with E-state index in [2.05, 4.69) is 25.5 Å². The van der Waals surface area contributed by atoms with Crippen molar-refractivity contribution >= 4 is 11.7 Å². The Bertz CT molecular complexity index is 534. The highest BCUT2D eigenvalue weighted by Crippen LogP contribution is 2.28. The van der Waals surface area contributed by atoms with Gasteiger partial charge in [0.2, 0.25) is 5.82 Å². The minimum absolute atomic E-state index is 0.00981. The molecule has 0 unspecified atom stereocenters. The fourth-order valence-corrected chi connectivity index (χ4v) is 1.13. The van der Waals surface area contributed by atoms with E-state index in [1.54, 1.807) is 0 Å². The smallest absolute Gasteiger partial charge is 0.304 e. The molecule has 0 saturated carbocycles. The topological polar surface area (TPSA) is 83.6 Å². The summed E-state index contributed by atoms with van der Waals surface area (Å²) in [5, 5.41) is 8.05. The van der Waals surface area contributed by atoms with Crippen LogP contribution in [0.15, 0.2) is 24.7 Å². The summed E-state index contributed by atoms with van der Waals surface area (Å²) >= 11 is 0. The summed E-state index contributed by atoms with van der Waals surface area (Å²) in [6, 6.07) is 1.88. The Balaban J connectivity index is 2.09. The molecule has 2 heterocycles. The summed E-state index contributed by atoms with van der Waals surface area (Å²) < 4.78 is 36.8. The third kappa shape index (κ3) is 2.62. The summed E-state index contributed by atoms with van der Waals surface area (Å²) in [7, 11) is 0. The van der Waals surface area contributed by atoms with Crippen molar-refractivity contribution in [2.45, 2.75) is 6.18 Å². The maximum Gasteiger partial charge on any atom is 0.417 e. The van der Waals surface area contributed by atoms with Gasteiger partial charge in [-0.05, 0) is 12.1 Å². The number of H-pyrrole nitrogens is 1. The number of pyridine rings is 1. The molecule has 0 saturated heterocycles. The number of hydrogen-bond acceptors (Lipinski definition) is 4. The summed E-state index contributed by atoms with van der Waals surface area (Å²) in [5.74, 6) is -0.708. The van der Waals surface area contributed by atoms with E-state index in [0.717, 1.165) is 18.5 Å². The molecule has 2 aromatic rings. The second-order valence-electron chi connectivity index (χ2n) is 3.22. The quantitative estimate of drug-likeness (QED) is 0.853. The third-order valence-corrected chi connectivity index (χ3v) is 1.96. The van der Waals surface area contributed by atoms with Crippen LogP contribution in [0.5, 0.6) is 0 Å². The SMILES string of the molecule is O=C(Nc1ccc(C(F)(F)F)cn1)c1ncn[nH]1. The van der Waals surface area contributed by atoms with Gasteiger partial charge >= 0.3 is 6.18 Å². The number of carbonyl (C=O) groups is 1. The minimum atomic E-state index is -4.46. The number of carbonyl (C=O) groups excluding carboxylic acids is 1. The summed E-state index contributed by atoms with van der Waals surface area (Å²) in [5.41, 5.74) is -0.889. The van der Waals surface area contributed by atoms with Crippen molar-refractivity contribution in [3.05, 3.63) is 36.0 Å². The number of aromatic amines is 1. The molecule has 0 spiro atoms. The highest BCUT2D eigenvalue weighted by molar-refractivity contribution is 6.00. The van der Waals surface area contributed by atoms with Crippen LogP contribution >= 0.6 is 0 Å². The zero-order valence-corrected chi connectivity index (χ0v) is 8.69. The van der Waals surface area contributed by atoms with E-state index in [1.807, 2.05) is 0 Å². The maximum absolute atomic E-state index is 12.3. The Hall–Kier alpha value is -2.45. The number of rotatable bonds is 2. The first-order chi connectivity index (χ1) is 8.47. The fraction of sp³-hybridized carbons (Fsp3) is 0.111. The van der Waals surface area contributed by atoms with Gasteiger partial charge in [0, 0.05) is 6.20 Å². The largest absolute Gasteiger partial charge is 0.417 e. The van der Waals surface area contributed by atoms with Crippen LogP contribution in [0.4, 0.5) is 19.0 Å². The molecule has 0 aromatic carbocycles. The van der Waals surface area contributed by atoms with E-state index < -0.39 is 17.6 Å². The van der Waals surface area contributed by atoms with Crippen LogP contribution < -0.4 is 5.32 Å². The molecule has 94 valence electrons. The highest BCUT2D eigenvalue weighted by Gasteiger charge is 2.30. The van der Waals surface area contributed by atoms with Crippen molar-refractivity contribution in [1.82, 2.24) is 20.2 Å². The number of anilines is 1. The predicted octanol–water partition coefficient (Wildman–Crippen LogP) is 1.47. The van der Waals surface area contributed by atoms with Crippen molar-refractivity contribution in [2.75, 3.05) is 5.32 Å². The number of amides is 1. The van der Waals surface area contributed by atoms with E-state index in [0.29, 0.717) is 6.20 Å². The van der Waals surface area contributed by atoms with Crippen LogP contribution in [0.2, 0.25) is 0 Å². The minimum Gasteiger partial charge on any atom is -0.304 e. The highest BCUT2D eigenvalue weighted by atomic mass is 19.4. The molecule has 1 amide bonds. The van der Waals surface area contributed by atoms with Crippen molar-refractivity contribution in [2.24, 2.45) is 0 Å². The average molecular weight is 257 g/mol. The van der Waals surface area contributed by atoms with Gasteiger partial charge in [-0.25, -0.2) is 9.97 Å². The monoisotopic (exact) mass is 257 g/mol. The summed E-state index contributed by atoms with van der Waals surface area (Å²) in [4.78, 5) is 18.5. The van der Waals surface area contributed by atoms with E-state index in [1.165, 1.54) is 0 Å². The number of aromatic nitrogens is 4. The van der Waals surface area contributed by atoms with Crippen molar-refractivity contribution in [1.29, 1.82) is 0 Å². The van der Waals surface area contributed by atoms with Gasteiger partial charge in [-0.1, -0.05) is 0 Å². The van der Waals surface area contributed by atoms with Crippen molar-refractivity contribution in [3.8, 4) is 0 Å². The predicted molar refractivity (Wildman–Crippen MR) is 53.6 cm³/mol. The normalized spacial score (nSPS) is 11.3. The molecule has 2 aromatic heterocycles. The Morgan fingerprint density at radius 3 is 2.56 bits per heavy atom. The van der Waals surface area contributed by atoms with Crippen LogP contribution in [-0.4, -0.2) is 26.1 Å². The molecule has 6 nitrogen and oxygen atoms in total. The van der Waals surface area contributed by atoms with Gasteiger partial charge in [-0.3, -0.25) is 9.89 Å². The Labute approximate surface area is 98.3 Å². The second-order valence-corrected chi connectivity index (χ2v) is 3.22. The van der Waals surface area contributed by atoms with Crippen LogP contribution in [0.25, 0.3) is 0 Å². The number of alkyl halides is 3. The zero-order chi connectivity index (χ0) is 13.2. The number of nitrogens with zero attached hydrogens (tertiary/aromatic N) is 3. The first-order valence-corrected chi connectivity index (χ1v) is 4.67. The van der Waals surface area contributed by atoms with Gasteiger partial charge < -0.3 is 5.32 Å². The van der Waals surface area contributed by atoms with Crippen LogP contribution in [0, 0.1) is 0 Å². The first kappa shape index (κ1) is 12.0. The van der Waals surface area contributed by atoms with Crippen molar-refractivity contribution < 1.29 is 18.0 Å². The average Bonchev–Trinajstić information content (AvgIpc) is 2.82. The molecule has 0 atom stereocenters. The molecule has 18 heavy (non-hydrogen) atoms. The summed E-state index contributed by atoms with van der Waals surface area (Å²) in [6.07, 6.45) is -2.69.